The first-order valence-electron chi connectivity index (χ1n) is 4.70. The minimum Gasteiger partial charge on any atom is -0.392 e. The first kappa shape index (κ1) is 10.4. The number of rotatable bonds is 5. The maximum atomic E-state index is 9.22. The van der Waals surface area contributed by atoms with Crippen molar-refractivity contribution in [1.29, 1.82) is 0 Å². The van der Waals surface area contributed by atoms with Gasteiger partial charge < -0.3 is 10.4 Å². The highest BCUT2D eigenvalue weighted by Gasteiger charge is 2.17. The fraction of sp³-hybridized carbons (Fsp3) is 1.00. The van der Waals surface area contributed by atoms with Crippen LogP contribution in [0.3, 0.4) is 0 Å². The Balaban J connectivity index is 1.93. The molecule has 0 bridgehead atoms. The van der Waals surface area contributed by atoms with Gasteiger partial charge in [0.05, 0.1) is 6.10 Å². The Labute approximate surface area is 79.1 Å². The van der Waals surface area contributed by atoms with E-state index in [9.17, 15) is 5.11 Å². The quantitative estimate of drug-likeness (QED) is 0.679. The molecule has 0 aromatic heterocycles. The first-order chi connectivity index (χ1) is 5.70. The maximum absolute atomic E-state index is 9.22. The van der Waals surface area contributed by atoms with E-state index in [4.69, 9.17) is 0 Å². The lowest BCUT2D eigenvalue weighted by Gasteiger charge is -2.27. The van der Waals surface area contributed by atoms with Crippen LogP contribution in [0, 0.1) is 5.92 Å². The summed E-state index contributed by atoms with van der Waals surface area (Å²) in [5, 5.41) is 12.9. The van der Waals surface area contributed by atoms with Gasteiger partial charge in [0.15, 0.2) is 0 Å². The van der Waals surface area contributed by atoms with Crippen molar-refractivity contribution in [2.75, 3.05) is 18.8 Å². The van der Waals surface area contributed by atoms with Gasteiger partial charge in [-0.1, -0.05) is 6.92 Å². The Hall–Kier alpha value is 0.270. The Kier molecular flexibility index (Phi) is 4.40. The van der Waals surface area contributed by atoms with Crippen molar-refractivity contribution in [1.82, 2.24) is 5.32 Å². The average molecular weight is 189 g/mol. The molecule has 0 radical (unpaired) electrons. The molecule has 1 rings (SSSR count). The normalized spacial score (nSPS) is 23.2. The molecule has 0 saturated carbocycles. The topological polar surface area (TPSA) is 32.3 Å². The average Bonchev–Trinajstić information content (AvgIpc) is 1.93. The van der Waals surface area contributed by atoms with Crippen molar-refractivity contribution >= 4 is 11.8 Å². The molecular formula is C9H19NOS. The molecule has 72 valence electrons. The molecule has 1 fully saturated rings. The molecule has 0 amide bonds. The van der Waals surface area contributed by atoms with Crippen molar-refractivity contribution in [2.45, 2.75) is 31.6 Å². The van der Waals surface area contributed by atoms with E-state index in [-0.39, 0.29) is 6.10 Å². The molecule has 0 aromatic carbocycles. The number of hydrogen-bond donors (Lipinski definition) is 2. The minimum absolute atomic E-state index is 0.172. The number of thioether (sulfide) groups is 1. The van der Waals surface area contributed by atoms with Gasteiger partial charge in [-0.2, -0.15) is 11.8 Å². The summed E-state index contributed by atoms with van der Waals surface area (Å²) in [5.41, 5.74) is 0. The Morgan fingerprint density at radius 3 is 2.58 bits per heavy atom. The van der Waals surface area contributed by atoms with Crippen LogP contribution >= 0.6 is 11.8 Å². The van der Waals surface area contributed by atoms with Crippen LogP contribution in [0.2, 0.25) is 0 Å². The molecule has 1 heterocycles. The van der Waals surface area contributed by atoms with E-state index >= 15 is 0 Å². The van der Waals surface area contributed by atoms with Gasteiger partial charge in [-0.15, -0.1) is 0 Å². The zero-order valence-electron chi connectivity index (χ0n) is 7.92. The molecule has 2 unspecified atom stereocenters. The second kappa shape index (κ2) is 5.10. The van der Waals surface area contributed by atoms with E-state index in [2.05, 4.69) is 12.2 Å². The summed E-state index contributed by atoms with van der Waals surface area (Å²) in [7, 11) is 0. The van der Waals surface area contributed by atoms with Gasteiger partial charge in [0.2, 0.25) is 0 Å². The minimum atomic E-state index is -0.172. The Bertz CT molecular complexity index is 126. The zero-order valence-corrected chi connectivity index (χ0v) is 8.73. The number of aliphatic hydroxyl groups is 1. The lowest BCUT2D eigenvalue weighted by atomic mass is 10.0. The molecule has 12 heavy (non-hydrogen) atoms. The summed E-state index contributed by atoms with van der Waals surface area (Å²) in [6.07, 6.45) is 1.13. The standard InChI is InChI=1S/C9H19NOS/c1-7(11)8(2)12-4-3-9-5-10-6-9/h7-11H,3-6H2,1-2H3. The smallest absolute Gasteiger partial charge is 0.0627 e. The van der Waals surface area contributed by atoms with Crippen molar-refractivity contribution in [3.8, 4) is 0 Å². The lowest BCUT2D eigenvalue weighted by molar-refractivity contribution is 0.196. The van der Waals surface area contributed by atoms with E-state index in [1.54, 1.807) is 0 Å². The molecule has 0 spiro atoms. The second-order valence-electron chi connectivity index (χ2n) is 3.63. The van der Waals surface area contributed by atoms with Crippen LogP contribution in [0.5, 0.6) is 0 Å². The van der Waals surface area contributed by atoms with E-state index in [1.807, 2.05) is 18.7 Å². The number of nitrogens with one attached hydrogen (secondary N) is 1. The molecule has 2 N–H and O–H groups in total. The summed E-state index contributed by atoms with van der Waals surface area (Å²) in [5.74, 6) is 2.09. The summed E-state index contributed by atoms with van der Waals surface area (Å²) < 4.78 is 0. The molecule has 1 saturated heterocycles. The number of hydrogen-bond acceptors (Lipinski definition) is 3. The lowest BCUT2D eigenvalue weighted by Crippen LogP contribution is -2.42. The van der Waals surface area contributed by atoms with Crippen LogP contribution < -0.4 is 5.32 Å². The first-order valence-corrected chi connectivity index (χ1v) is 5.75. The highest BCUT2D eigenvalue weighted by atomic mass is 32.2. The van der Waals surface area contributed by atoms with Gasteiger partial charge in [-0.3, -0.25) is 0 Å². The second-order valence-corrected chi connectivity index (χ2v) is 5.11. The monoisotopic (exact) mass is 189 g/mol. The van der Waals surface area contributed by atoms with Gasteiger partial charge in [0, 0.05) is 5.25 Å². The SMILES string of the molecule is CC(O)C(C)SCCC1CNC1. The third kappa shape index (κ3) is 3.33. The van der Waals surface area contributed by atoms with Gasteiger partial charge in [-0.05, 0) is 38.1 Å². The summed E-state index contributed by atoms with van der Waals surface area (Å²) in [6, 6.07) is 0. The van der Waals surface area contributed by atoms with Gasteiger partial charge >= 0.3 is 0 Å². The molecule has 2 nitrogen and oxygen atoms in total. The van der Waals surface area contributed by atoms with E-state index < -0.39 is 0 Å². The third-order valence-electron chi connectivity index (χ3n) is 2.45. The van der Waals surface area contributed by atoms with Gasteiger partial charge in [-0.25, -0.2) is 0 Å². The van der Waals surface area contributed by atoms with Crippen molar-refractivity contribution in [2.24, 2.45) is 5.92 Å². The van der Waals surface area contributed by atoms with Gasteiger partial charge in [0.25, 0.3) is 0 Å². The van der Waals surface area contributed by atoms with Crippen LogP contribution in [0.25, 0.3) is 0 Å². The van der Waals surface area contributed by atoms with Crippen molar-refractivity contribution in [3.05, 3.63) is 0 Å². The fourth-order valence-corrected chi connectivity index (χ4v) is 2.23. The third-order valence-corrected chi connectivity index (χ3v) is 3.84. The number of aliphatic hydroxyl groups excluding tert-OH is 1. The highest BCUT2D eigenvalue weighted by Crippen LogP contribution is 2.19. The largest absolute Gasteiger partial charge is 0.392 e. The Morgan fingerprint density at radius 1 is 1.50 bits per heavy atom. The summed E-state index contributed by atoms with van der Waals surface area (Å²) in [6.45, 7) is 6.35. The molecule has 0 aliphatic carbocycles. The fourth-order valence-electron chi connectivity index (χ4n) is 1.11. The van der Waals surface area contributed by atoms with Crippen LogP contribution in [0.15, 0.2) is 0 Å². The molecule has 3 heteroatoms. The van der Waals surface area contributed by atoms with E-state index in [0.29, 0.717) is 5.25 Å². The summed E-state index contributed by atoms with van der Waals surface area (Å²) >= 11 is 1.88. The summed E-state index contributed by atoms with van der Waals surface area (Å²) in [4.78, 5) is 0. The zero-order chi connectivity index (χ0) is 8.97. The molecular weight excluding hydrogens is 170 g/mol. The van der Waals surface area contributed by atoms with Crippen molar-refractivity contribution in [3.63, 3.8) is 0 Å². The van der Waals surface area contributed by atoms with Crippen LogP contribution in [-0.2, 0) is 0 Å². The predicted octanol–water partition coefficient (Wildman–Crippen LogP) is 1.10. The van der Waals surface area contributed by atoms with Crippen molar-refractivity contribution < 1.29 is 5.11 Å². The predicted molar refractivity (Wildman–Crippen MR) is 54.6 cm³/mol. The Morgan fingerprint density at radius 2 is 2.17 bits per heavy atom. The van der Waals surface area contributed by atoms with Crippen LogP contribution in [0.4, 0.5) is 0 Å². The van der Waals surface area contributed by atoms with Crippen LogP contribution in [0.1, 0.15) is 20.3 Å². The van der Waals surface area contributed by atoms with Crippen LogP contribution in [-0.4, -0.2) is 35.3 Å². The molecule has 1 aliphatic rings. The van der Waals surface area contributed by atoms with E-state index in [0.717, 1.165) is 5.92 Å². The highest BCUT2D eigenvalue weighted by molar-refractivity contribution is 7.99. The van der Waals surface area contributed by atoms with E-state index in [1.165, 1.54) is 25.3 Å². The van der Waals surface area contributed by atoms with Gasteiger partial charge in [0.1, 0.15) is 0 Å². The molecule has 0 aromatic rings. The maximum Gasteiger partial charge on any atom is 0.0627 e. The molecule has 2 atom stereocenters. The molecule has 1 aliphatic heterocycles.